The van der Waals surface area contributed by atoms with E-state index in [1.54, 1.807) is 42.5 Å². The van der Waals surface area contributed by atoms with E-state index in [9.17, 15) is 12.8 Å². The van der Waals surface area contributed by atoms with E-state index < -0.39 is 15.8 Å². The van der Waals surface area contributed by atoms with Crippen molar-refractivity contribution in [2.75, 3.05) is 4.72 Å². The van der Waals surface area contributed by atoms with Gasteiger partial charge in [0.25, 0.3) is 10.0 Å². The Morgan fingerprint density at radius 2 is 1.94 bits per heavy atom. The summed E-state index contributed by atoms with van der Waals surface area (Å²) >= 11 is 7.25. The summed E-state index contributed by atoms with van der Waals surface area (Å²) in [5.74, 6) is -0.737. The standard InChI is InChI=1S/C20H12ClFN4O3S2/c21-17-12(11-4-2-1-3-5-11)10-13-19(18(17)22)23-24-20(13)26-31(27,28)16-7-6-15(30-16)14-8-9-29-25-14/h1-10H,(H2,23,24,26). The highest BCUT2D eigenvalue weighted by molar-refractivity contribution is 7.94. The van der Waals surface area contributed by atoms with Crippen LogP contribution in [0.4, 0.5) is 10.2 Å². The molecule has 0 aliphatic heterocycles. The lowest BCUT2D eigenvalue weighted by atomic mass is 10.0. The molecule has 0 amide bonds. The normalized spacial score (nSPS) is 11.8. The maximum absolute atomic E-state index is 14.9. The Hall–Kier alpha value is -3.21. The first-order valence-electron chi connectivity index (χ1n) is 8.89. The zero-order valence-corrected chi connectivity index (χ0v) is 17.9. The van der Waals surface area contributed by atoms with Crippen molar-refractivity contribution in [3.05, 3.63) is 71.7 Å². The van der Waals surface area contributed by atoms with Gasteiger partial charge in [-0.1, -0.05) is 47.1 Å². The monoisotopic (exact) mass is 474 g/mol. The molecule has 0 aliphatic carbocycles. The van der Waals surface area contributed by atoms with Crippen molar-refractivity contribution in [2.24, 2.45) is 0 Å². The number of rotatable bonds is 5. The molecule has 2 N–H and O–H groups in total. The summed E-state index contributed by atoms with van der Waals surface area (Å²) in [6.45, 7) is 0. The molecule has 0 saturated carbocycles. The van der Waals surface area contributed by atoms with E-state index in [0.29, 0.717) is 21.7 Å². The third kappa shape index (κ3) is 3.48. The van der Waals surface area contributed by atoms with Crippen LogP contribution in [0.3, 0.4) is 0 Å². The number of nitrogens with one attached hydrogen (secondary N) is 2. The van der Waals surface area contributed by atoms with E-state index >= 15 is 0 Å². The number of nitrogens with zero attached hydrogens (tertiary/aromatic N) is 2. The third-order valence-electron chi connectivity index (χ3n) is 4.59. The van der Waals surface area contributed by atoms with Crippen molar-refractivity contribution in [1.82, 2.24) is 15.4 Å². The van der Waals surface area contributed by atoms with Gasteiger partial charge in [0.1, 0.15) is 21.7 Å². The highest BCUT2D eigenvalue weighted by Gasteiger charge is 2.23. The first-order chi connectivity index (χ1) is 14.9. The second-order valence-corrected chi connectivity index (χ2v) is 9.89. The topological polar surface area (TPSA) is 101 Å². The first-order valence-corrected chi connectivity index (χ1v) is 11.6. The summed E-state index contributed by atoms with van der Waals surface area (Å²) < 4.78 is 48.0. The fourth-order valence-electron chi connectivity index (χ4n) is 3.12. The van der Waals surface area contributed by atoms with Gasteiger partial charge in [-0.3, -0.25) is 9.82 Å². The molecule has 0 unspecified atom stereocenters. The predicted molar refractivity (Wildman–Crippen MR) is 117 cm³/mol. The lowest BCUT2D eigenvalue weighted by molar-refractivity contribution is 0.422. The van der Waals surface area contributed by atoms with Crippen molar-refractivity contribution >= 4 is 49.7 Å². The molecule has 31 heavy (non-hydrogen) atoms. The van der Waals surface area contributed by atoms with Crippen LogP contribution in [-0.4, -0.2) is 23.8 Å². The van der Waals surface area contributed by atoms with Gasteiger partial charge < -0.3 is 4.52 Å². The number of thiophene rings is 1. The van der Waals surface area contributed by atoms with Crippen LogP contribution in [0.15, 0.2) is 69.6 Å². The molecule has 0 fully saturated rings. The van der Waals surface area contributed by atoms with Crippen LogP contribution < -0.4 is 4.72 Å². The maximum atomic E-state index is 14.9. The summed E-state index contributed by atoms with van der Waals surface area (Å²) in [6.07, 6.45) is 1.40. The van der Waals surface area contributed by atoms with E-state index in [2.05, 4.69) is 20.1 Å². The largest absolute Gasteiger partial charge is 0.364 e. The molecule has 5 rings (SSSR count). The molecular formula is C20H12ClFN4O3S2. The van der Waals surface area contributed by atoms with Crippen LogP contribution in [0.25, 0.3) is 32.6 Å². The van der Waals surface area contributed by atoms with Crippen LogP contribution in [0, 0.1) is 5.82 Å². The van der Waals surface area contributed by atoms with Crippen LogP contribution >= 0.6 is 22.9 Å². The summed E-state index contributed by atoms with van der Waals surface area (Å²) in [6, 6.07) is 15.3. The van der Waals surface area contributed by atoms with Gasteiger partial charge in [-0.2, -0.15) is 5.10 Å². The summed E-state index contributed by atoms with van der Waals surface area (Å²) in [7, 11) is -3.97. The number of sulfonamides is 1. The van der Waals surface area contributed by atoms with Crippen LogP contribution in [-0.2, 0) is 10.0 Å². The molecule has 2 aromatic carbocycles. The Morgan fingerprint density at radius 3 is 2.68 bits per heavy atom. The second-order valence-electron chi connectivity index (χ2n) is 6.52. The van der Waals surface area contributed by atoms with Crippen LogP contribution in [0.1, 0.15) is 0 Å². The van der Waals surface area contributed by atoms with Gasteiger partial charge in [0.2, 0.25) is 0 Å². The molecule has 3 heterocycles. The minimum absolute atomic E-state index is 0.0110. The number of H-pyrrole nitrogens is 1. The van der Waals surface area contributed by atoms with E-state index in [-0.39, 0.29) is 26.0 Å². The fourth-order valence-corrected chi connectivity index (χ4v) is 5.67. The van der Waals surface area contributed by atoms with Crippen molar-refractivity contribution in [3.8, 4) is 21.7 Å². The van der Waals surface area contributed by atoms with E-state index in [4.69, 9.17) is 16.1 Å². The average Bonchev–Trinajstić information content (AvgIpc) is 3.52. The number of aromatic nitrogens is 3. The quantitative estimate of drug-likeness (QED) is 0.348. The molecule has 0 atom stereocenters. The first kappa shape index (κ1) is 19.7. The number of anilines is 1. The molecular weight excluding hydrogens is 463 g/mol. The van der Waals surface area contributed by atoms with Crippen molar-refractivity contribution < 1.29 is 17.3 Å². The number of hydrogen-bond acceptors (Lipinski definition) is 6. The molecule has 3 aromatic heterocycles. The van der Waals surface area contributed by atoms with Crippen LogP contribution in [0.5, 0.6) is 0 Å². The smallest absolute Gasteiger partial charge is 0.272 e. The van der Waals surface area contributed by atoms with Gasteiger partial charge in [0.15, 0.2) is 11.6 Å². The predicted octanol–water partition coefficient (Wildman–Crippen LogP) is 5.54. The highest BCUT2D eigenvalue weighted by atomic mass is 35.5. The number of aromatic amines is 1. The number of fused-ring (bicyclic) bond motifs is 1. The zero-order valence-electron chi connectivity index (χ0n) is 15.5. The number of hydrogen-bond donors (Lipinski definition) is 2. The Morgan fingerprint density at radius 1 is 1.13 bits per heavy atom. The molecule has 11 heteroatoms. The summed E-state index contributed by atoms with van der Waals surface area (Å²) in [4.78, 5) is 0.630. The third-order valence-corrected chi connectivity index (χ3v) is 7.90. The second kappa shape index (κ2) is 7.49. The van der Waals surface area contributed by atoms with Crippen molar-refractivity contribution in [2.45, 2.75) is 4.21 Å². The summed E-state index contributed by atoms with van der Waals surface area (Å²) in [5, 5.41) is 10.5. The number of halogens is 2. The van der Waals surface area contributed by atoms with Crippen LogP contribution in [0.2, 0.25) is 5.02 Å². The maximum Gasteiger partial charge on any atom is 0.272 e. The van der Waals surface area contributed by atoms with E-state index in [1.807, 2.05) is 6.07 Å². The Kier molecular flexibility index (Phi) is 4.77. The fraction of sp³-hybridized carbons (Fsp3) is 0. The van der Waals surface area contributed by atoms with Gasteiger partial charge >= 0.3 is 0 Å². The highest BCUT2D eigenvalue weighted by Crippen LogP contribution is 2.38. The van der Waals surface area contributed by atoms with Crippen molar-refractivity contribution in [3.63, 3.8) is 0 Å². The molecule has 7 nitrogen and oxygen atoms in total. The van der Waals surface area contributed by atoms with Gasteiger partial charge in [-0.25, -0.2) is 12.8 Å². The molecule has 156 valence electrons. The molecule has 0 aliphatic rings. The molecule has 5 aromatic rings. The van der Waals surface area contributed by atoms with Gasteiger partial charge in [0.05, 0.1) is 9.90 Å². The average molecular weight is 475 g/mol. The van der Waals surface area contributed by atoms with Crippen molar-refractivity contribution in [1.29, 1.82) is 0 Å². The van der Waals surface area contributed by atoms with Gasteiger partial charge in [0, 0.05) is 17.0 Å². The molecule has 0 bridgehead atoms. The lowest BCUT2D eigenvalue weighted by Gasteiger charge is -2.08. The van der Waals surface area contributed by atoms with E-state index in [1.165, 1.54) is 12.3 Å². The summed E-state index contributed by atoms with van der Waals surface area (Å²) in [5.41, 5.74) is 1.66. The lowest BCUT2D eigenvalue weighted by Crippen LogP contribution is -2.12. The SMILES string of the molecule is O=S(=O)(Nc1n[nH]c2c(F)c(Cl)c(-c3ccccc3)cc12)c1ccc(-c2ccon2)s1. The molecule has 0 spiro atoms. The Labute approximate surface area is 184 Å². The van der Waals surface area contributed by atoms with Gasteiger partial charge in [-0.15, -0.1) is 11.3 Å². The minimum Gasteiger partial charge on any atom is -0.364 e. The Bertz CT molecular complexity index is 1500. The Balaban J connectivity index is 1.56. The molecule has 0 radical (unpaired) electrons. The number of benzene rings is 2. The minimum atomic E-state index is -3.97. The zero-order chi connectivity index (χ0) is 21.6. The molecule has 0 saturated heterocycles. The van der Waals surface area contributed by atoms with E-state index in [0.717, 1.165) is 11.3 Å². The van der Waals surface area contributed by atoms with Gasteiger partial charge in [-0.05, 0) is 23.8 Å².